The van der Waals surface area contributed by atoms with E-state index in [2.05, 4.69) is 44.3 Å². The molecule has 2 nitrogen and oxygen atoms in total. The number of hydrogen-bond acceptors (Lipinski definition) is 2. The van der Waals surface area contributed by atoms with E-state index >= 15 is 0 Å². The molecular formula is C13H19NO. The largest absolute Gasteiger partial charge is 0.490 e. The Labute approximate surface area is 91.6 Å². The molecule has 1 aliphatic heterocycles. The van der Waals surface area contributed by atoms with Crippen molar-refractivity contribution in [2.24, 2.45) is 0 Å². The molecule has 0 spiro atoms. The Morgan fingerprint density at radius 2 is 2.13 bits per heavy atom. The van der Waals surface area contributed by atoms with Gasteiger partial charge in [0.15, 0.2) is 0 Å². The molecule has 0 bridgehead atoms. The standard InChI is InChI=1S/C13H19NO/c1-9-7-10-8-11(13(2,3)14-4)5-6-12(10)15-9/h5-6,8-9,14H,7H2,1-4H3. The van der Waals surface area contributed by atoms with E-state index in [1.165, 1.54) is 11.1 Å². The van der Waals surface area contributed by atoms with Gasteiger partial charge in [-0.3, -0.25) is 0 Å². The van der Waals surface area contributed by atoms with Crippen LogP contribution >= 0.6 is 0 Å². The summed E-state index contributed by atoms with van der Waals surface area (Å²) in [6.07, 6.45) is 1.36. The summed E-state index contributed by atoms with van der Waals surface area (Å²) in [5.74, 6) is 1.05. The Balaban J connectivity index is 2.35. The lowest BCUT2D eigenvalue weighted by Crippen LogP contribution is -2.33. The first kappa shape index (κ1) is 10.5. The van der Waals surface area contributed by atoms with Gasteiger partial charge in [-0.1, -0.05) is 12.1 Å². The molecule has 2 heteroatoms. The van der Waals surface area contributed by atoms with Crippen molar-refractivity contribution in [1.82, 2.24) is 5.32 Å². The molecule has 0 aromatic heterocycles. The fourth-order valence-electron chi connectivity index (χ4n) is 1.96. The van der Waals surface area contributed by atoms with Gasteiger partial charge in [0.1, 0.15) is 11.9 Å². The van der Waals surface area contributed by atoms with Crippen LogP contribution in [0.15, 0.2) is 18.2 Å². The van der Waals surface area contributed by atoms with Gasteiger partial charge in [-0.05, 0) is 45.0 Å². The van der Waals surface area contributed by atoms with E-state index in [-0.39, 0.29) is 5.54 Å². The molecule has 1 aromatic carbocycles. The molecule has 1 atom stereocenters. The molecule has 0 saturated heterocycles. The van der Waals surface area contributed by atoms with Crippen LogP contribution in [0.3, 0.4) is 0 Å². The van der Waals surface area contributed by atoms with Crippen LogP contribution in [0.5, 0.6) is 5.75 Å². The third kappa shape index (κ3) is 1.86. The Kier molecular flexibility index (Phi) is 2.47. The van der Waals surface area contributed by atoms with Gasteiger partial charge in [-0.2, -0.15) is 0 Å². The first-order chi connectivity index (χ1) is 7.03. The average molecular weight is 205 g/mol. The maximum Gasteiger partial charge on any atom is 0.123 e. The van der Waals surface area contributed by atoms with Crippen molar-refractivity contribution in [2.45, 2.75) is 38.8 Å². The second-order valence-electron chi connectivity index (χ2n) is 4.83. The van der Waals surface area contributed by atoms with Crippen LogP contribution in [0.2, 0.25) is 0 Å². The summed E-state index contributed by atoms with van der Waals surface area (Å²) < 4.78 is 5.69. The van der Waals surface area contributed by atoms with Crippen LogP contribution in [-0.2, 0) is 12.0 Å². The molecule has 0 aliphatic carbocycles. The zero-order valence-corrected chi connectivity index (χ0v) is 9.92. The predicted molar refractivity (Wildman–Crippen MR) is 62.3 cm³/mol. The van der Waals surface area contributed by atoms with E-state index < -0.39 is 0 Å². The van der Waals surface area contributed by atoms with Crippen molar-refractivity contribution in [3.63, 3.8) is 0 Å². The highest BCUT2D eigenvalue weighted by Gasteiger charge is 2.23. The van der Waals surface area contributed by atoms with E-state index in [1.54, 1.807) is 0 Å². The van der Waals surface area contributed by atoms with Crippen molar-refractivity contribution >= 4 is 0 Å². The molecule has 1 unspecified atom stereocenters. The summed E-state index contributed by atoms with van der Waals surface area (Å²) in [5, 5.41) is 3.32. The molecule has 0 amide bonds. The van der Waals surface area contributed by atoms with E-state index in [0.29, 0.717) is 6.10 Å². The summed E-state index contributed by atoms with van der Waals surface area (Å²) >= 11 is 0. The summed E-state index contributed by atoms with van der Waals surface area (Å²) in [6, 6.07) is 6.50. The zero-order valence-electron chi connectivity index (χ0n) is 9.92. The molecule has 1 heterocycles. The summed E-state index contributed by atoms with van der Waals surface area (Å²) in [4.78, 5) is 0. The van der Waals surface area contributed by atoms with Crippen LogP contribution in [-0.4, -0.2) is 13.2 Å². The predicted octanol–water partition coefficient (Wildman–Crippen LogP) is 2.46. The summed E-state index contributed by atoms with van der Waals surface area (Å²) in [6.45, 7) is 6.49. The minimum atomic E-state index is 0.0286. The van der Waals surface area contributed by atoms with Crippen molar-refractivity contribution in [3.05, 3.63) is 29.3 Å². The highest BCUT2D eigenvalue weighted by Crippen LogP contribution is 2.32. The Morgan fingerprint density at radius 1 is 1.40 bits per heavy atom. The summed E-state index contributed by atoms with van der Waals surface area (Å²) in [5.41, 5.74) is 2.69. The molecule has 0 saturated carbocycles. The topological polar surface area (TPSA) is 21.3 Å². The number of fused-ring (bicyclic) bond motifs is 1. The lowest BCUT2D eigenvalue weighted by atomic mass is 9.92. The smallest absolute Gasteiger partial charge is 0.123 e. The van der Waals surface area contributed by atoms with Crippen LogP contribution in [0.1, 0.15) is 31.9 Å². The van der Waals surface area contributed by atoms with E-state index in [4.69, 9.17) is 4.74 Å². The lowest BCUT2D eigenvalue weighted by molar-refractivity contribution is 0.254. The minimum absolute atomic E-state index is 0.0286. The second-order valence-corrected chi connectivity index (χ2v) is 4.83. The van der Waals surface area contributed by atoms with Crippen LogP contribution < -0.4 is 10.1 Å². The van der Waals surface area contributed by atoms with Crippen LogP contribution in [0.4, 0.5) is 0 Å². The molecule has 1 aliphatic rings. The third-order valence-corrected chi connectivity index (χ3v) is 3.24. The highest BCUT2D eigenvalue weighted by atomic mass is 16.5. The average Bonchev–Trinajstić information content (AvgIpc) is 2.56. The molecular weight excluding hydrogens is 186 g/mol. The lowest BCUT2D eigenvalue weighted by Gasteiger charge is -2.25. The van der Waals surface area contributed by atoms with Gasteiger partial charge in [-0.25, -0.2) is 0 Å². The normalized spacial score (nSPS) is 19.9. The van der Waals surface area contributed by atoms with E-state index in [1.807, 2.05) is 7.05 Å². The molecule has 15 heavy (non-hydrogen) atoms. The second kappa shape index (κ2) is 3.53. The first-order valence-electron chi connectivity index (χ1n) is 5.52. The van der Waals surface area contributed by atoms with E-state index in [0.717, 1.165) is 12.2 Å². The van der Waals surface area contributed by atoms with Gasteiger partial charge in [0.2, 0.25) is 0 Å². The summed E-state index contributed by atoms with van der Waals surface area (Å²) in [7, 11) is 1.99. The molecule has 82 valence electrons. The van der Waals surface area contributed by atoms with Crippen molar-refractivity contribution in [1.29, 1.82) is 0 Å². The van der Waals surface area contributed by atoms with Crippen LogP contribution in [0, 0.1) is 0 Å². The number of hydrogen-bond donors (Lipinski definition) is 1. The van der Waals surface area contributed by atoms with Gasteiger partial charge in [0.25, 0.3) is 0 Å². The minimum Gasteiger partial charge on any atom is -0.490 e. The van der Waals surface area contributed by atoms with Gasteiger partial charge >= 0.3 is 0 Å². The number of ether oxygens (including phenoxy) is 1. The Morgan fingerprint density at radius 3 is 2.80 bits per heavy atom. The fourth-order valence-corrected chi connectivity index (χ4v) is 1.96. The quantitative estimate of drug-likeness (QED) is 0.800. The molecule has 1 N–H and O–H groups in total. The molecule has 0 fully saturated rings. The maximum absolute atomic E-state index is 5.69. The molecule has 2 rings (SSSR count). The first-order valence-corrected chi connectivity index (χ1v) is 5.52. The number of nitrogens with one attached hydrogen (secondary N) is 1. The number of benzene rings is 1. The molecule has 1 aromatic rings. The fraction of sp³-hybridized carbons (Fsp3) is 0.538. The van der Waals surface area contributed by atoms with Crippen LogP contribution in [0.25, 0.3) is 0 Å². The van der Waals surface area contributed by atoms with Gasteiger partial charge < -0.3 is 10.1 Å². The Bertz CT molecular complexity index is 371. The zero-order chi connectivity index (χ0) is 11.1. The number of rotatable bonds is 2. The van der Waals surface area contributed by atoms with E-state index in [9.17, 15) is 0 Å². The van der Waals surface area contributed by atoms with Crippen molar-refractivity contribution in [2.75, 3.05) is 7.05 Å². The molecule has 0 radical (unpaired) electrons. The van der Waals surface area contributed by atoms with Crippen molar-refractivity contribution in [3.8, 4) is 5.75 Å². The Hall–Kier alpha value is -1.02. The highest BCUT2D eigenvalue weighted by molar-refractivity contribution is 5.42. The monoisotopic (exact) mass is 205 g/mol. The van der Waals surface area contributed by atoms with Gasteiger partial charge in [0.05, 0.1) is 0 Å². The third-order valence-electron chi connectivity index (χ3n) is 3.24. The van der Waals surface area contributed by atoms with Gasteiger partial charge in [-0.15, -0.1) is 0 Å². The SMILES string of the molecule is CNC(C)(C)c1ccc2c(c1)CC(C)O2. The van der Waals surface area contributed by atoms with Gasteiger partial charge in [0, 0.05) is 12.0 Å². The van der Waals surface area contributed by atoms with Crippen molar-refractivity contribution < 1.29 is 4.74 Å². The maximum atomic E-state index is 5.69.